The molecule has 1 aromatic rings. The van der Waals surface area contributed by atoms with Crippen LogP contribution in [0.25, 0.3) is 0 Å². The number of sulfone groups is 1. The van der Waals surface area contributed by atoms with Crippen molar-refractivity contribution in [2.24, 2.45) is 0 Å². The van der Waals surface area contributed by atoms with Gasteiger partial charge in [-0.15, -0.1) is 0 Å². The quantitative estimate of drug-likeness (QED) is 0.729. The smallest absolute Gasteiger partial charge is 0.238 e. The van der Waals surface area contributed by atoms with E-state index >= 15 is 0 Å². The van der Waals surface area contributed by atoms with E-state index in [1.807, 2.05) is 4.90 Å². The molecule has 1 fully saturated rings. The zero-order chi connectivity index (χ0) is 18.6. The van der Waals surface area contributed by atoms with Crippen LogP contribution in [0.1, 0.15) is 6.42 Å². The Morgan fingerprint density at radius 3 is 2.48 bits per heavy atom. The lowest BCUT2D eigenvalue weighted by Gasteiger charge is -2.38. The Hall–Kier alpha value is -2.00. The Morgan fingerprint density at radius 1 is 1.24 bits per heavy atom. The molecule has 0 saturated carbocycles. The molecule has 0 radical (unpaired) electrons. The van der Waals surface area contributed by atoms with Crippen molar-refractivity contribution in [1.82, 2.24) is 15.1 Å². The predicted molar refractivity (Wildman–Crippen MR) is 90.1 cm³/mol. The molecule has 1 aliphatic rings. The second-order valence-electron chi connectivity index (χ2n) is 5.97. The van der Waals surface area contributed by atoms with Crippen molar-refractivity contribution in [2.75, 3.05) is 39.5 Å². The summed E-state index contributed by atoms with van der Waals surface area (Å²) in [6, 6.07) is 4.07. The first kappa shape index (κ1) is 19.3. The number of carbonyl (C=O) groups excluding carboxylic acids is 2. The molecule has 1 aromatic carbocycles. The second-order valence-corrected chi connectivity index (χ2v) is 8.08. The van der Waals surface area contributed by atoms with Crippen molar-refractivity contribution in [2.45, 2.75) is 17.4 Å². The summed E-state index contributed by atoms with van der Waals surface area (Å²) < 4.78 is 37.4. The maximum absolute atomic E-state index is 12.9. The summed E-state index contributed by atoms with van der Waals surface area (Å²) in [7, 11) is -0.320. The molecule has 1 aliphatic heterocycles. The SMILES string of the molecule is CNC(=O)[C@@H]1CN(C(=O)CCS(=O)(=O)c2ccc(F)cc2)CCN1C. The molecule has 9 heteroatoms. The number of piperazine rings is 1. The van der Waals surface area contributed by atoms with Crippen molar-refractivity contribution in [1.29, 1.82) is 0 Å². The molecule has 1 heterocycles. The number of nitrogens with zero attached hydrogens (tertiary/aromatic N) is 2. The Morgan fingerprint density at radius 2 is 1.88 bits per heavy atom. The van der Waals surface area contributed by atoms with Crippen molar-refractivity contribution in [3.05, 3.63) is 30.1 Å². The van der Waals surface area contributed by atoms with Gasteiger partial charge >= 0.3 is 0 Å². The fourth-order valence-electron chi connectivity index (χ4n) is 2.69. The summed E-state index contributed by atoms with van der Waals surface area (Å²) in [6.07, 6.45) is -0.177. The molecule has 0 bridgehead atoms. The number of rotatable bonds is 5. The first-order valence-electron chi connectivity index (χ1n) is 7.92. The van der Waals surface area contributed by atoms with Gasteiger partial charge in [0.15, 0.2) is 9.84 Å². The minimum absolute atomic E-state index is 0.0108. The van der Waals surface area contributed by atoms with E-state index in [9.17, 15) is 22.4 Å². The molecule has 0 spiro atoms. The van der Waals surface area contributed by atoms with Crippen molar-refractivity contribution >= 4 is 21.7 Å². The Balaban J connectivity index is 1.97. The van der Waals surface area contributed by atoms with E-state index in [1.54, 1.807) is 7.05 Å². The van der Waals surface area contributed by atoms with Gasteiger partial charge in [0.25, 0.3) is 0 Å². The van der Waals surface area contributed by atoms with Crippen LogP contribution < -0.4 is 5.32 Å². The molecule has 25 heavy (non-hydrogen) atoms. The third kappa shape index (κ3) is 4.76. The maximum Gasteiger partial charge on any atom is 0.238 e. The highest BCUT2D eigenvalue weighted by molar-refractivity contribution is 7.91. The lowest BCUT2D eigenvalue weighted by molar-refractivity contribution is -0.137. The molecule has 2 rings (SSSR count). The molecular formula is C16H22FN3O4S. The normalized spacial score (nSPS) is 18.8. The monoisotopic (exact) mass is 371 g/mol. The van der Waals surface area contributed by atoms with E-state index < -0.39 is 21.7 Å². The zero-order valence-corrected chi connectivity index (χ0v) is 15.1. The van der Waals surface area contributed by atoms with E-state index in [1.165, 1.54) is 24.1 Å². The van der Waals surface area contributed by atoms with Crippen molar-refractivity contribution in [3.8, 4) is 0 Å². The minimum Gasteiger partial charge on any atom is -0.358 e. The van der Waals surface area contributed by atoms with E-state index in [2.05, 4.69) is 5.32 Å². The molecule has 1 N–H and O–H groups in total. The van der Waals surface area contributed by atoms with Gasteiger partial charge in [0, 0.05) is 33.1 Å². The van der Waals surface area contributed by atoms with Crippen LogP contribution in [0.2, 0.25) is 0 Å². The summed E-state index contributed by atoms with van der Waals surface area (Å²) in [6.45, 7) is 1.21. The van der Waals surface area contributed by atoms with Crippen LogP contribution in [0.5, 0.6) is 0 Å². The van der Waals surface area contributed by atoms with Crippen LogP contribution in [0.3, 0.4) is 0 Å². The number of hydrogen-bond donors (Lipinski definition) is 1. The highest BCUT2D eigenvalue weighted by Gasteiger charge is 2.32. The first-order chi connectivity index (χ1) is 11.7. The lowest BCUT2D eigenvalue weighted by Crippen LogP contribution is -2.58. The third-order valence-corrected chi connectivity index (χ3v) is 6.04. The summed E-state index contributed by atoms with van der Waals surface area (Å²) in [5.41, 5.74) is 0. The molecule has 1 saturated heterocycles. The van der Waals surface area contributed by atoms with Gasteiger partial charge in [0.1, 0.15) is 11.9 Å². The largest absolute Gasteiger partial charge is 0.358 e. The Labute approximate surface area is 146 Å². The maximum atomic E-state index is 12.9. The molecular weight excluding hydrogens is 349 g/mol. The van der Waals surface area contributed by atoms with E-state index in [0.717, 1.165) is 12.1 Å². The summed E-state index contributed by atoms with van der Waals surface area (Å²) >= 11 is 0. The number of nitrogens with one attached hydrogen (secondary N) is 1. The molecule has 0 aromatic heterocycles. The van der Waals surface area contributed by atoms with Crippen molar-refractivity contribution in [3.63, 3.8) is 0 Å². The van der Waals surface area contributed by atoms with Crippen LogP contribution in [0.4, 0.5) is 4.39 Å². The highest BCUT2D eigenvalue weighted by atomic mass is 32.2. The van der Waals surface area contributed by atoms with Crippen molar-refractivity contribution < 1.29 is 22.4 Å². The number of hydrogen-bond acceptors (Lipinski definition) is 5. The van der Waals surface area contributed by atoms with Crippen LogP contribution in [0.15, 0.2) is 29.2 Å². The Kier molecular flexibility index (Phi) is 6.12. The molecule has 0 unspecified atom stereocenters. The van der Waals surface area contributed by atoms with Gasteiger partial charge in [-0.25, -0.2) is 12.8 Å². The van der Waals surface area contributed by atoms with Gasteiger partial charge in [0.05, 0.1) is 10.6 Å². The fraction of sp³-hybridized carbons (Fsp3) is 0.500. The summed E-state index contributed by atoms with van der Waals surface area (Å²) in [5.74, 6) is -1.37. The third-order valence-electron chi connectivity index (χ3n) is 4.31. The van der Waals surface area contributed by atoms with Crippen LogP contribution in [-0.4, -0.2) is 75.6 Å². The average Bonchev–Trinajstić information content (AvgIpc) is 2.60. The van der Waals surface area contributed by atoms with E-state index in [-0.39, 0.29) is 35.4 Å². The molecule has 138 valence electrons. The van der Waals surface area contributed by atoms with E-state index in [0.29, 0.717) is 13.1 Å². The number of amides is 2. The van der Waals surface area contributed by atoms with Gasteiger partial charge in [-0.2, -0.15) is 0 Å². The first-order valence-corrected chi connectivity index (χ1v) is 9.58. The summed E-state index contributed by atoms with van der Waals surface area (Å²) in [5, 5.41) is 2.56. The molecule has 1 atom stereocenters. The van der Waals surface area contributed by atoms with Crippen LogP contribution in [0, 0.1) is 5.82 Å². The number of benzene rings is 1. The lowest BCUT2D eigenvalue weighted by atomic mass is 10.1. The van der Waals surface area contributed by atoms with Crippen LogP contribution >= 0.6 is 0 Å². The van der Waals surface area contributed by atoms with Gasteiger partial charge in [-0.3, -0.25) is 14.5 Å². The van der Waals surface area contributed by atoms with Crippen LogP contribution in [-0.2, 0) is 19.4 Å². The standard InChI is InChI=1S/C16H22FN3O4S/c1-18-16(22)14-11-20(9-8-19(14)2)15(21)7-10-25(23,24)13-5-3-12(17)4-6-13/h3-6,14H,7-11H2,1-2H3,(H,18,22)/t14-/m0/s1. The number of carbonyl (C=O) groups is 2. The van der Waals surface area contributed by atoms with Gasteiger partial charge in [-0.05, 0) is 31.3 Å². The topological polar surface area (TPSA) is 86.8 Å². The molecule has 0 aliphatic carbocycles. The average molecular weight is 371 g/mol. The van der Waals surface area contributed by atoms with Gasteiger partial charge in [0.2, 0.25) is 11.8 Å². The van der Waals surface area contributed by atoms with Gasteiger partial charge in [-0.1, -0.05) is 0 Å². The summed E-state index contributed by atoms with van der Waals surface area (Å²) in [4.78, 5) is 27.6. The Bertz CT molecular complexity index is 736. The predicted octanol–water partition coefficient (Wildman–Crippen LogP) is -0.122. The van der Waals surface area contributed by atoms with Gasteiger partial charge < -0.3 is 10.2 Å². The highest BCUT2D eigenvalue weighted by Crippen LogP contribution is 2.15. The zero-order valence-electron chi connectivity index (χ0n) is 14.2. The van der Waals surface area contributed by atoms with E-state index in [4.69, 9.17) is 0 Å². The molecule has 2 amide bonds. The molecule has 7 nitrogen and oxygen atoms in total. The number of likely N-dealkylation sites (N-methyl/N-ethyl adjacent to an activating group) is 2. The second kappa shape index (κ2) is 7.92. The number of halogens is 1. The fourth-order valence-corrected chi connectivity index (χ4v) is 3.92. The minimum atomic E-state index is -3.66.